The molecule has 0 radical (unpaired) electrons. The van der Waals surface area contributed by atoms with Crippen molar-refractivity contribution in [2.45, 2.75) is 0 Å². The van der Waals surface area contributed by atoms with E-state index in [9.17, 15) is 20.2 Å². The minimum atomic E-state index is -3.52. The summed E-state index contributed by atoms with van der Waals surface area (Å²) in [6, 6.07) is 2.86. The number of rotatable bonds is 7. The predicted octanol–water partition coefficient (Wildman–Crippen LogP) is 1.26. The number of hydrogen-bond donors (Lipinski definition) is 0. The number of non-ortho nitro benzene ring substituents is 2. The van der Waals surface area contributed by atoms with Crippen molar-refractivity contribution in [2.75, 3.05) is 21.3 Å². The van der Waals surface area contributed by atoms with Gasteiger partial charge in [-0.2, -0.15) is 0 Å². The quantitative estimate of drug-likeness (QED) is 0.419. The number of nitro benzene ring substituents is 2. The molecule has 20 heavy (non-hydrogen) atoms. The van der Waals surface area contributed by atoms with E-state index in [1.54, 1.807) is 0 Å². The Kier molecular flexibility index (Phi) is 5.10. The van der Waals surface area contributed by atoms with Gasteiger partial charge in [-0.3, -0.25) is 20.2 Å². The highest BCUT2D eigenvalue weighted by molar-refractivity contribution is 6.54. The largest absolute Gasteiger partial charge is 0.748 e. The standard InChI is InChI=1S/C9H12N2O8Si/c1-16-20(17-2,18-3)19-9-5-7(10(12)13)4-8(6-9)11(14)15/h4-6H,1-3H3. The van der Waals surface area contributed by atoms with E-state index in [0.29, 0.717) is 0 Å². The van der Waals surface area contributed by atoms with Crippen LogP contribution in [0.5, 0.6) is 5.75 Å². The van der Waals surface area contributed by atoms with Gasteiger partial charge in [-0.1, -0.05) is 0 Å². The van der Waals surface area contributed by atoms with Crippen molar-refractivity contribution in [3.05, 3.63) is 38.4 Å². The zero-order valence-electron chi connectivity index (χ0n) is 10.9. The first-order valence-electron chi connectivity index (χ1n) is 5.15. The van der Waals surface area contributed by atoms with Gasteiger partial charge >= 0.3 is 9.05 Å². The highest BCUT2D eigenvalue weighted by atomic mass is 28.4. The van der Waals surface area contributed by atoms with E-state index in [2.05, 4.69) is 0 Å². The van der Waals surface area contributed by atoms with Gasteiger partial charge in [0, 0.05) is 21.3 Å². The Labute approximate surface area is 114 Å². The summed E-state index contributed by atoms with van der Waals surface area (Å²) in [4.78, 5) is 20.0. The third-order valence-corrected chi connectivity index (χ3v) is 4.28. The first-order valence-corrected chi connectivity index (χ1v) is 6.79. The van der Waals surface area contributed by atoms with Gasteiger partial charge in [-0.25, -0.2) is 0 Å². The fraction of sp³-hybridized carbons (Fsp3) is 0.333. The maximum Gasteiger partial charge on any atom is 0.748 e. The van der Waals surface area contributed by atoms with E-state index in [1.165, 1.54) is 21.3 Å². The van der Waals surface area contributed by atoms with Gasteiger partial charge in [0.25, 0.3) is 11.4 Å². The lowest BCUT2D eigenvalue weighted by molar-refractivity contribution is -0.394. The summed E-state index contributed by atoms with van der Waals surface area (Å²) in [5.74, 6) is -0.150. The van der Waals surface area contributed by atoms with Crippen LogP contribution in [0, 0.1) is 20.2 Å². The second kappa shape index (κ2) is 6.38. The Balaban J connectivity index is 3.23. The Hall–Kier alpha value is -2.08. The number of nitro groups is 2. The van der Waals surface area contributed by atoms with E-state index in [-0.39, 0.29) is 5.75 Å². The SMILES string of the molecule is CO[Si](OC)(OC)Oc1cc([N+](=O)[O-])cc([N+](=O)[O-])c1. The lowest BCUT2D eigenvalue weighted by Crippen LogP contribution is -2.49. The smallest absolute Gasteiger partial charge is 0.480 e. The van der Waals surface area contributed by atoms with Crippen molar-refractivity contribution in [1.82, 2.24) is 0 Å². The molecule has 0 spiro atoms. The topological polar surface area (TPSA) is 123 Å². The van der Waals surface area contributed by atoms with Gasteiger partial charge < -0.3 is 17.7 Å². The molecule has 1 rings (SSSR count). The molecule has 0 aliphatic carbocycles. The van der Waals surface area contributed by atoms with Crippen LogP contribution >= 0.6 is 0 Å². The number of nitrogens with zero attached hydrogens (tertiary/aromatic N) is 2. The monoisotopic (exact) mass is 304 g/mol. The van der Waals surface area contributed by atoms with Crippen molar-refractivity contribution in [1.29, 1.82) is 0 Å². The van der Waals surface area contributed by atoms with Crippen LogP contribution in [0.25, 0.3) is 0 Å². The highest BCUT2D eigenvalue weighted by Gasteiger charge is 2.45. The molecular weight excluding hydrogens is 292 g/mol. The molecule has 11 heteroatoms. The molecule has 0 bridgehead atoms. The van der Waals surface area contributed by atoms with Crippen molar-refractivity contribution in [2.24, 2.45) is 0 Å². The second-order valence-electron chi connectivity index (χ2n) is 3.41. The zero-order chi connectivity index (χ0) is 15.3. The average Bonchev–Trinajstić information content (AvgIpc) is 2.44. The van der Waals surface area contributed by atoms with Crippen LogP contribution in [0.3, 0.4) is 0 Å². The van der Waals surface area contributed by atoms with E-state index < -0.39 is 30.3 Å². The summed E-state index contributed by atoms with van der Waals surface area (Å²) in [7, 11) is 0.288. The number of benzene rings is 1. The van der Waals surface area contributed by atoms with Gasteiger partial charge in [0.05, 0.1) is 28.0 Å². The maximum atomic E-state index is 10.7. The van der Waals surface area contributed by atoms with Crippen molar-refractivity contribution >= 4 is 20.4 Å². The summed E-state index contributed by atoms with van der Waals surface area (Å²) in [5.41, 5.74) is -0.971. The highest BCUT2D eigenvalue weighted by Crippen LogP contribution is 2.29. The van der Waals surface area contributed by atoms with Crippen LogP contribution < -0.4 is 4.43 Å². The fourth-order valence-electron chi connectivity index (χ4n) is 1.36. The molecule has 0 aliphatic heterocycles. The predicted molar refractivity (Wildman–Crippen MR) is 67.2 cm³/mol. The first kappa shape index (κ1) is 16.0. The normalized spacial score (nSPS) is 11.2. The Morgan fingerprint density at radius 1 is 0.900 bits per heavy atom. The van der Waals surface area contributed by atoms with E-state index >= 15 is 0 Å². The minimum Gasteiger partial charge on any atom is -0.480 e. The van der Waals surface area contributed by atoms with Gasteiger partial charge in [-0.05, 0) is 0 Å². The zero-order valence-corrected chi connectivity index (χ0v) is 11.9. The molecule has 0 aromatic heterocycles. The van der Waals surface area contributed by atoms with E-state index in [1.807, 2.05) is 0 Å². The Morgan fingerprint density at radius 3 is 1.60 bits per heavy atom. The van der Waals surface area contributed by atoms with Gasteiger partial charge in [0.1, 0.15) is 5.75 Å². The third-order valence-electron chi connectivity index (χ3n) is 2.29. The molecule has 1 aromatic carbocycles. The molecule has 1 aromatic rings. The van der Waals surface area contributed by atoms with Crippen LogP contribution in [0.15, 0.2) is 18.2 Å². The molecule has 0 fully saturated rings. The van der Waals surface area contributed by atoms with Crippen LogP contribution in [-0.4, -0.2) is 40.2 Å². The second-order valence-corrected chi connectivity index (χ2v) is 5.84. The Morgan fingerprint density at radius 2 is 1.30 bits per heavy atom. The summed E-state index contributed by atoms with van der Waals surface area (Å²) in [5, 5.41) is 21.5. The minimum absolute atomic E-state index is 0.150. The molecule has 0 saturated carbocycles. The van der Waals surface area contributed by atoms with E-state index in [0.717, 1.165) is 18.2 Å². The summed E-state index contributed by atoms with van der Waals surface area (Å²) in [6.45, 7) is 0. The molecule has 0 unspecified atom stereocenters. The van der Waals surface area contributed by atoms with Gasteiger partial charge in [0.2, 0.25) is 0 Å². The molecule has 0 saturated heterocycles. The molecule has 0 amide bonds. The molecule has 0 N–H and O–H groups in total. The van der Waals surface area contributed by atoms with Crippen LogP contribution in [-0.2, 0) is 13.3 Å². The molecule has 110 valence electrons. The third kappa shape index (κ3) is 3.48. The van der Waals surface area contributed by atoms with E-state index in [4.69, 9.17) is 17.7 Å². The average molecular weight is 304 g/mol. The van der Waals surface area contributed by atoms with Crippen LogP contribution in [0.4, 0.5) is 11.4 Å². The Bertz CT molecular complexity index is 478. The molecule has 0 atom stereocenters. The van der Waals surface area contributed by atoms with Crippen molar-refractivity contribution in [3.63, 3.8) is 0 Å². The summed E-state index contributed by atoms with van der Waals surface area (Å²) in [6.07, 6.45) is 0. The lowest BCUT2D eigenvalue weighted by Gasteiger charge is -2.23. The molecule has 10 nitrogen and oxygen atoms in total. The molecule has 0 aliphatic rings. The lowest BCUT2D eigenvalue weighted by atomic mass is 10.2. The van der Waals surface area contributed by atoms with Crippen molar-refractivity contribution < 1.29 is 27.6 Å². The van der Waals surface area contributed by atoms with Crippen LogP contribution in [0.2, 0.25) is 0 Å². The van der Waals surface area contributed by atoms with Gasteiger partial charge in [0.15, 0.2) is 0 Å². The summed E-state index contributed by atoms with van der Waals surface area (Å²) < 4.78 is 20.2. The fourth-order valence-corrected chi connectivity index (χ4v) is 2.51. The van der Waals surface area contributed by atoms with Gasteiger partial charge in [-0.15, -0.1) is 0 Å². The first-order chi connectivity index (χ1) is 9.37. The molecule has 0 heterocycles. The van der Waals surface area contributed by atoms with Crippen molar-refractivity contribution in [3.8, 4) is 5.75 Å². The summed E-state index contributed by atoms with van der Waals surface area (Å²) >= 11 is 0. The number of hydrogen-bond acceptors (Lipinski definition) is 8. The maximum absolute atomic E-state index is 10.7. The molecular formula is C9H12N2O8Si. The van der Waals surface area contributed by atoms with Crippen LogP contribution in [0.1, 0.15) is 0 Å².